The first-order chi connectivity index (χ1) is 9.91. The summed E-state index contributed by atoms with van der Waals surface area (Å²) >= 11 is 0. The van der Waals surface area contributed by atoms with E-state index in [2.05, 4.69) is 5.32 Å². The maximum atomic E-state index is 12.6. The van der Waals surface area contributed by atoms with Crippen LogP contribution in [-0.4, -0.2) is 6.54 Å². The van der Waals surface area contributed by atoms with Gasteiger partial charge in [0.25, 0.3) is 0 Å². The topological polar surface area (TPSA) is 25.2 Å². The highest BCUT2D eigenvalue weighted by Gasteiger charge is 2.30. The van der Waals surface area contributed by atoms with E-state index in [9.17, 15) is 13.2 Å². The van der Waals surface area contributed by atoms with Crippen molar-refractivity contribution in [1.82, 2.24) is 5.32 Å². The van der Waals surface area contributed by atoms with Gasteiger partial charge in [0, 0.05) is 0 Å². The minimum Gasteiger partial charge on any atom is -0.464 e. The Morgan fingerprint density at radius 1 is 1.10 bits per heavy atom. The van der Waals surface area contributed by atoms with Crippen LogP contribution < -0.4 is 5.32 Å². The zero-order chi connectivity index (χ0) is 15.5. The largest absolute Gasteiger partial charge is 0.464 e. The molecular weight excluding hydrogens is 279 g/mol. The molecule has 0 saturated carbocycles. The van der Waals surface area contributed by atoms with E-state index in [-0.39, 0.29) is 6.04 Å². The van der Waals surface area contributed by atoms with E-state index in [1.54, 1.807) is 0 Å². The van der Waals surface area contributed by atoms with Crippen molar-refractivity contribution in [2.24, 2.45) is 0 Å². The summed E-state index contributed by atoms with van der Waals surface area (Å²) in [7, 11) is 0. The third-order valence-electron chi connectivity index (χ3n) is 3.22. The quantitative estimate of drug-likeness (QED) is 0.865. The minimum absolute atomic E-state index is 0.235. The summed E-state index contributed by atoms with van der Waals surface area (Å²) in [6.45, 7) is 4.63. The first-order valence-electron chi connectivity index (χ1n) is 6.88. The van der Waals surface area contributed by atoms with Gasteiger partial charge in [0.15, 0.2) is 0 Å². The number of hydrogen-bond donors (Lipinski definition) is 1. The maximum absolute atomic E-state index is 12.6. The Morgan fingerprint density at radius 3 is 2.24 bits per heavy atom. The van der Waals surface area contributed by atoms with Crippen molar-refractivity contribution in [3.05, 3.63) is 59.0 Å². The third-order valence-corrected chi connectivity index (χ3v) is 3.22. The molecule has 0 bridgehead atoms. The van der Waals surface area contributed by atoms with Gasteiger partial charge in [-0.2, -0.15) is 13.2 Å². The Labute approximate surface area is 122 Å². The molecule has 0 aliphatic rings. The normalized spacial score (nSPS) is 13.4. The van der Waals surface area contributed by atoms with E-state index in [0.29, 0.717) is 5.76 Å². The molecule has 0 aliphatic carbocycles. The molecule has 1 heterocycles. The molecule has 1 aromatic carbocycles. The molecule has 0 spiro atoms. The van der Waals surface area contributed by atoms with Gasteiger partial charge >= 0.3 is 6.18 Å². The van der Waals surface area contributed by atoms with E-state index >= 15 is 0 Å². The van der Waals surface area contributed by atoms with Crippen molar-refractivity contribution in [1.29, 1.82) is 0 Å². The first kappa shape index (κ1) is 15.6. The Kier molecular flexibility index (Phi) is 4.73. The average Bonchev–Trinajstić information content (AvgIpc) is 2.85. The molecule has 2 aromatic rings. The van der Waals surface area contributed by atoms with Gasteiger partial charge in [-0.25, -0.2) is 0 Å². The number of rotatable bonds is 5. The Hall–Kier alpha value is -1.75. The fourth-order valence-electron chi connectivity index (χ4n) is 2.14. The Morgan fingerprint density at radius 2 is 1.76 bits per heavy atom. The minimum atomic E-state index is -4.31. The van der Waals surface area contributed by atoms with Crippen LogP contribution in [0.25, 0.3) is 0 Å². The molecule has 0 fully saturated rings. The summed E-state index contributed by atoms with van der Waals surface area (Å²) < 4.78 is 43.5. The summed E-state index contributed by atoms with van der Waals surface area (Å²) in [5.41, 5.74) is 0.113. The van der Waals surface area contributed by atoms with Crippen molar-refractivity contribution in [2.45, 2.75) is 32.5 Å². The van der Waals surface area contributed by atoms with Crippen LogP contribution >= 0.6 is 0 Å². The van der Waals surface area contributed by atoms with E-state index < -0.39 is 11.7 Å². The molecule has 0 amide bonds. The van der Waals surface area contributed by atoms with Crippen molar-refractivity contribution in [3.8, 4) is 0 Å². The molecule has 1 atom stereocenters. The first-order valence-corrected chi connectivity index (χ1v) is 6.88. The highest BCUT2D eigenvalue weighted by molar-refractivity contribution is 5.31. The highest BCUT2D eigenvalue weighted by atomic mass is 19.4. The number of nitrogens with one attached hydrogen (secondary N) is 1. The second-order valence-corrected chi connectivity index (χ2v) is 4.96. The number of hydrogen-bond acceptors (Lipinski definition) is 2. The Bertz CT molecular complexity index is 572. The van der Waals surface area contributed by atoms with Crippen LogP contribution in [0.5, 0.6) is 0 Å². The standard InChI is InChI=1S/C16H18F3NO/c1-3-10-20-15(14-9-4-11(2)21-14)12-5-7-13(8-6-12)16(17,18)19/h4-9,15,20H,3,10H2,1-2H3. The molecule has 0 aliphatic heterocycles. The number of furan rings is 1. The zero-order valence-corrected chi connectivity index (χ0v) is 12.0. The molecule has 0 radical (unpaired) electrons. The monoisotopic (exact) mass is 297 g/mol. The van der Waals surface area contributed by atoms with Crippen molar-refractivity contribution < 1.29 is 17.6 Å². The smallest absolute Gasteiger partial charge is 0.416 e. The van der Waals surface area contributed by atoms with Crippen molar-refractivity contribution >= 4 is 0 Å². The molecule has 2 nitrogen and oxygen atoms in total. The lowest BCUT2D eigenvalue weighted by atomic mass is 10.0. The van der Waals surface area contributed by atoms with Crippen molar-refractivity contribution in [3.63, 3.8) is 0 Å². The lowest BCUT2D eigenvalue weighted by Gasteiger charge is -2.17. The molecule has 1 aromatic heterocycles. The van der Waals surface area contributed by atoms with Gasteiger partial charge in [-0.3, -0.25) is 0 Å². The molecule has 114 valence electrons. The number of benzene rings is 1. The van der Waals surface area contributed by atoms with Crippen LogP contribution in [0.2, 0.25) is 0 Å². The van der Waals surface area contributed by atoms with Crippen LogP contribution in [0.15, 0.2) is 40.8 Å². The fourth-order valence-corrected chi connectivity index (χ4v) is 2.14. The van der Waals surface area contributed by atoms with Gasteiger partial charge < -0.3 is 9.73 Å². The molecule has 2 rings (SSSR count). The lowest BCUT2D eigenvalue weighted by molar-refractivity contribution is -0.137. The summed E-state index contributed by atoms with van der Waals surface area (Å²) in [5.74, 6) is 1.49. The second kappa shape index (κ2) is 6.35. The van der Waals surface area contributed by atoms with E-state index in [1.165, 1.54) is 12.1 Å². The predicted molar refractivity (Wildman–Crippen MR) is 75.0 cm³/mol. The Balaban J connectivity index is 2.28. The van der Waals surface area contributed by atoms with Gasteiger partial charge in [0.05, 0.1) is 11.6 Å². The predicted octanol–water partition coefficient (Wildman–Crippen LogP) is 4.70. The van der Waals surface area contributed by atoms with Gasteiger partial charge in [0.1, 0.15) is 11.5 Å². The second-order valence-electron chi connectivity index (χ2n) is 4.96. The molecule has 5 heteroatoms. The maximum Gasteiger partial charge on any atom is 0.416 e. The van der Waals surface area contributed by atoms with Crippen LogP contribution in [0.4, 0.5) is 13.2 Å². The fraction of sp³-hybridized carbons (Fsp3) is 0.375. The van der Waals surface area contributed by atoms with Crippen molar-refractivity contribution in [2.75, 3.05) is 6.54 Å². The number of halogens is 3. The summed E-state index contributed by atoms with van der Waals surface area (Å²) in [6, 6.07) is 8.65. The number of alkyl halides is 3. The lowest BCUT2D eigenvalue weighted by Crippen LogP contribution is -2.23. The van der Waals surface area contributed by atoms with Gasteiger partial charge in [-0.15, -0.1) is 0 Å². The van der Waals surface area contributed by atoms with Gasteiger partial charge in [-0.1, -0.05) is 19.1 Å². The van der Waals surface area contributed by atoms with Crippen LogP contribution in [0, 0.1) is 6.92 Å². The average molecular weight is 297 g/mol. The summed E-state index contributed by atoms with van der Waals surface area (Å²) in [5, 5.41) is 3.30. The van der Waals surface area contributed by atoms with Crippen LogP contribution in [0.3, 0.4) is 0 Å². The van der Waals surface area contributed by atoms with Crippen LogP contribution in [-0.2, 0) is 6.18 Å². The SMILES string of the molecule is CCCNC(c1ccc(C(F)(F)F)cc1)c1ccc(C)o1. The summed E-state index contributed by atoms with van der Waals surface area (Å²) in [4.78, 5) is 0. The molecule has 21 heavy (non-hydrogen) atoms. The number of aryl methyl sites for hydroxylation is 1. The van der Waals surface area contributed by atoms with E-state index in [0.717, 1.165) is 36.4 Å². The third kappa shape index (κ3) is 3.88. The zero-order valence-electron chi connectivity index (χ0n) is 12.0. The van der Waals surface area contributed by atoms with E-state index in [1.807, 2.05) is 26.0 Å². The van der Waals surface area contributed by atoms with E-state index in [4.69, 9.17) is 4.42 Å². The van der Waals surface area contributed by atoms with Crippen LogP contribution in [0.1, 0.15) is 42.0 Å². The molecular formula is C16H18F3NO. The highest BCUT2D eigenvalue weighted by Crippen LogP contribution is 2.31. The molecule has 0 saturated heterocycles. The summed E-state index contributed by atoms with van der Waals surface area (Å²) in [6.07, 6.45) is -3.39. The van der Waals surface area contributed by atoms with Gasteiger partial charge in [0.2, 0.25) is 0 Å². The van der Waals surface area contributed by atoms with Gasteiger partial charge in [-0.05, 0) is 49.7 Å². The molecule has 1 N–H and O–H groups in total. The molecule has 1 unspecified atom stereocenters.